The van der Waals surface area contributed by atoms with E-state index in [1.807, 2.05) is 0 Å². The van der Waals surface area contributed by atoms with E-state index >= 15 is 0 Å². The number of rotatable bonds is 6. The Balaban J connectivity index is 2.02. The highest BCUT2D eigenvalue weighted by molar-refractivity contribution is 5.26. The molecule has 1 saturated carbocycles. The Morgan fingerprint density at radius 2 is 2.22 bits per heavy atom. The van der Waals surface area contributed by atoms with Crippen LogP contribution in [0.5, 0.6) is 5.88 Å². The fraction of sp³-hybridized carbons (Fsp3) is 0.643. The van der Waals surface area contributed by atoms with E-state index in [1.165, 1.54) is 25.1 Å². The van der Waals surface area contributed by atoms with E-state index in [2.05, 4.69) is 17.2 Å². The van der Waals surface area contributed by atoms with Gasteiger partial charge in [-0.2, -0.15) is 0 Å². The van der Waals surface area contributed by atoms with Crippen LogP contribution in [-0.4, -0.2) is 17.6 Å². The molecule has 1 aliphatic carbocycles. The van der Waals surface area contributed by atoms with Crippen LogP contribution in [0.2, 0.25) is 0 Å². The van der Waals surface area contributed by atoms with Crippen molar-refractivity contribution in [2.45, 2.75) is 51.7 Å². The van der Waals surface area contributed by atoms with E-state index in [9.17, 15) is 4.39 Å². The lowest BCUT2D eigenvalue weighted by molar-refractivity contribution is 0.198. The summed E-state index contributed by atoms with van der Waals surface area (Å²) in [7, 11) is 0. The number of halogens is 1. The average molecular weight is 252 g/mol. The predicted molar refractivity (Wildman–Crippen MR) is 69.1 cm³/mol. The smallest absolute Gasteiger partial charge is 0.218 e. The molecule has 18 heavy (non-hydrogen) atoms. The van der Waals surface area contributed by atoms with Gasteiger partial charge in [0.05, 0.1) is 6.20 Å². The molecule has 4 heteroatoms. The third kappa shape index (κ3) is 3.67. The van der Waals surface area contributed by atoms with Gasteiger partial charge < -0.3 is 10.1 Å². The fourth-order valence-corrected chi connectivity index (χ4v) is 2.27. The third-order valence-electron chi connectivity index (χ3n) is 3.21. The fourth-order valence-electron chi connectivity index (χ4n) is 2.27. The molecule has 0 aliphatic heterocycles. The summed E-state index contributed by atoms with van der Waals surface area (Å²) in [5.74, 6) is 0.286. The zero-order valence-corrected chi connectivity index (χ0v) is 10.9. The molecular weight excluding hydrogens is 231 g/mol. The van der Waals surface area contributed by atoms with Crippen molar-refractivity contribution in [1.29, 1.82) is 0 Å². The van der Waals surface area contributed by atoms with E-state index in [-0.39, 0.29) is 11.9 Å². The summed E-state index contributed by atoms with van der Waals surface area (Å²) in [4.78, 5) is 4.08. The molecule has 0 aromatic carbocycles. The predicted octanol–water partition coefficient (Wildman–Crippen LogP) is 3.04. The first-order chi connectivity index (χ1) is 8.79. The van der Waals surface area contributed by atoms with Crippen molar-refractivity contribution in [3.63, 3.8) is 0 Å². The highest BCUT2D eigenvalue weighted by atomic mass is 19.1. The molecule has 1 heterocycles. The molecule has 0 radical (unpaired) electrons. The highest BCUT2D eigenvalue weighted by Crippen LogP contribution is 2.25. The topological polar surface area (TPSA) is 34.2 Å². The van der Waals surface area contributed by atoms with Crippen LogP contribution in [0.1, 0.15) is 44.6 Å². The van der Waals surface area contributed by atoms with Crippen molar-refractivity contribution in [2.24, 2.45) is 0 Å². The van der Waals surface area contributed by atoms with Gasteiger partial charge in [-0.3, -0.25) is 0 Å². The van der Waals surface area contributed by atoms with Gasteiger partial charge in [0.15, 0.2) is 0 Å². The number of nitrogens with one attached hydrogen (secondary N) is 1. The van der Waals surface area contributed by atoms with Gasteiger partial charge in [0.25, 0.3) is 0 Å². The summed E-state index contributed by atoms with van der Waals surface area (Å²) >= 11 is 0. The van der Waals surface area contributed by atoms with Crippen LogP contribution in [0.15, 0.2) is 12.3 Å². The van der Waals surface area contributed by atoms with Gasteiger partial charge in [0.2, 0.25) is 5.88 Å². The van der Waals surface area contributed by atoms with E-state index in [0.717, 1.165) is 31.4 Å². The molecule has 0 bridgehead atoms. The zero-order chi connectivity index (χ0) is 12.8. The lowest BCUT2D eigenvalue weighted by Crippen LogP contribution is -2.18. The van der Waals surface area contributed by atoms with Crippen LogP contribution in [0.4, 0.5) is 4.39 Å². The van der Waals surface area contributed by atoms with Crippen LogP contribution in [0.3, 0.4) is 0 Å². The summed E-state index contributed by atoms with van der Waals surface area (Å²) in [6.07, 6.45) is 7.15. The standard InChI is InChI=1S/C14H21FN2O/c1-2-7-16-9-11-8-12(15)10-17-14(11)18-13-5-3-4-6-13/h8,10,13,16H,2-7,9H2,1H3. The summed E-state index contributed by atoms with van der Waals surface area (Å²) in [6.45, 7) is 3.63. The lowest BCUT2D eigenvalue weighted by Gasteiger charge is -2.15. The van der Waals surface area contributed by atoms with Gasteiger partial charge in [-0.25, -0.2) is 9.37 Å². The summed E-state index contributed by atoms with van der Waals surface area (Å²) < 4.78 is 19.1. The minimum atomic E-state index is -0.304. The van der Waals surface area contributed by atoms with Gasteiger partial charge in [0, 0.05) is 12.1 Å². The molecule has 1 aliphatic rings. The van der Waals surface area contributed by atoms with Crippen molar-refractivity contribution >= 4 is 0 Å². The molecule has 1 aromatic rings. The molecule has 0 saturated heterocycles. The minimum absolute atomic E-state index is 0.257. The number of pyridine rings is 1. The molecule has 0 atom stereocenters. The molecule has 1 aromatic heterocycles. The number of hydrogen-bond donors (Lipinski definition) is 1. The van der Waals surface area contributed by atoms with Crippen molar-refractivity contribution in [2.75, 3.05) is 6.54 Å². The maximum atomic E-state index is 13.2. The second-order valence-electron chi connectivity index (χ2n) is 4.82. The van der Waals surface area contributed by atoms with Crippen LogP contribution < -0.4 is 10.1 Å². The second-order valence-corrected chi connectivity index (χ2v) is 4.82. The summed E-state index contributed by atoms with van der Waals surface area (Å²) in [5, 5.41) is 3.26. The Bertz CT molecular complexity index is 378. The van der Waals surface area contributed by atoms with E-state index < -0.39 is 0 Å². The number of nitrogens with zero attached hydrogens (tertiary/aromatic N) is 1. The Labute approximate surface area is 108 Å². The highest BCUT2D eigenvalue weighted by Gasteiger charge is 2.18. The maximum absolute atomic E-state index is 13.2. The summed E-state index contributed by atoms with van der Waals surface area (Å²) in [5.41, 5.74) is 0.815. The Kier molecular flexibility index (Phi) is 4.93. The normalized spacial score (nSPS) is 16.1. The molecule has 1 fully saturated rings. The summed E-state index contributed by atoms with van der Waals surface area (Å²) in [6, 6.07) is 1.51. The molecule has 1 N–H and O–H groups in total. The largest absolute Gasteiger partial charge is 0.474 e. The van der Waals surface area contributed by atoms with E-state index in [1.54, 1.807) is 0 Å². The Morgan fingerprint density at radius 1 is 1.44 bits per heavy atom. The molecular formula is C14H21FN2O. The second kappa shape index (κ2) is 6.69. The molecule has 0 spiro atoms. The molecule has 0 unspecified atom stereocenters. The maximum Gasteiger partial charge on any atom is 0.218 e. The van der Waals surface area contributed by atoms with Crippen LogP contribution in [-0.2, 0) is 6.54 Å². The van der Waals surface area contributed by atoms with Crippen LogP contribution >= 0.6 is 0 Å². The van der Waals surface area contributed by atoms with Gasteiger partial charge in [-0.05, 0) is 44.7 Å². The quantitative estimate of drug-likeness (QED) is 0.790. The first-order valence-electron chi connectivity index (χ1n) is 6.81. The third-order valence-corrected chi connectivity index (χ3v) is 3.21. The van der Waals surface area contributed by atoms with E-state index in [4.69, 9.17) is 4.74 Å². The minimum Gasteiger partial charge on any atom is -0.474 e. The van der Waals surface area contributed by atoms with E-state index in [0.29, 0.717) is 12.4 Å². The first-order valence-corrected chi connectivity index (χ1v) is 6.81. The monoisotopic (exact) mass is 252 g/mol. The van der Waals surface area contributed by atoms with Crippen molar-refractivity contribution in [1.82, 2.24) is 10.3 Å². The Hall–Kier alpha value is -1.16. The zero-order valence-electron chi connectivity index (χ0n) is 10.9. The van der Waals surface area contributed by atoms with Crippen LogP contribution in [0, 0.1) is 5.82 Å². The number of hydrogen-bond acceptors (Lipinski definition) is 3. The molecule has 100 valence electrons. The van der Waals surface area contributed by atoms with Gasteiger partial charge in [0.1, 0.15) is 11.9 Å². The molecule has 2 rings (SSSR count). The SMILES string of the molecule is CCCNCc1cc(F)cnc1OC1CCCC1. The molecule has 0 amide bonds. The van der Waals surface area contributed by atoms with Crippen molar-refractivity contribution in [3.8, 4) is 5.88 Å². The molecule has 3 nitrogen and oxygen atoms in total. The van der Waals surface area contributed by atoms with Crippen LogP contribution in [0.25, 0.3) is 0 Å². The van der Waals surface area contributed by atoms with Crippen molar-refractivity contribution < 1.29 is 9.13 Å². The Morgan fingerprint density at radius 3 is 2.94 bits per heavy atom. The van der Waals surface area contributed by atoms with Gasteiger partial charge >= 0.3 is 0 Å². The van der Waals surface area contributed by atoms with Crippen molar-refractivity contribution in [3.05, 3.63) is 23.6 Å². The lowest BCUT2D eigenvalue weighted by atomic mass is 10.2. The van der Waals surface area contributed by atoms with Gasteiger partial charge in [-0.15, -0.1) is 0 Å². The number of aromatic nitrogens is 1. The van der Waals surface area contributed by atoms with Gasteiger partial charge in [-0.1, -0.05) is 6.92 Å². The first kappa shape index (κ1) is 13.3. The number of ether oxygens (including phenoxy) is 1. The average Bonchev–Trinajstić information content (AvgIpc) is 2.86.